The molecular weight excluding hydrogens is 903 g/mol. The maximum absolute atomic E-state index is 9.95. The molecule has 0 bridgehead atoms. The fourth-order valence-corrected chi connectivity index (χ4v) is 30.1. The van der Waals surface area contributed by atoms with Gasteiger partial charge in [-0.05, 0) is 0 Å². The Hall–Kier alpha value is -0.999. The average Bonchev–Trinajstić information content (AvgIpc) is 2.90. The van der Waals surface area contributed by atoms with E-state index in [2.05, 4.69) is 0 Å². The van der Waals surface area contributed by atoms with Crippen molar-refractivity contribution in [2.75, 3.05) is 12.3 Å². The van der Waals surface area contributed by atoms with Gasteiger partial charge in [0.15, 0.2) is 0 Å². The fraction of sp³-hybridized carbons (Fsp3) is 0.0769. The fourth-order valence-electron chi connectivity index (χ4n) is 3.95. The van der Waals surface area contributed by atoms with E-state index in [1.54, 1.807) is 48.5 Å². The zero-order valence-corrected chi connectivity index (χ0v) is 26.3. The van der Waals surface area contributed by atoms with Gasteiger partial charge in [0.1, 0.15) is 0 Å². The molecule has 0 spiro atoms. The van der Waals surface area contributed by atoms with Gasteiger partial charge in [-0.15, -0.1) is 0 Å². The van der Waals surface area contributed by atoms with Crippen molar-refractivity contribution in [2.24, 2.45) is 0 Å². The van der Waals surface area contributed by atoms with E-state index in [1.807, 2.05) is 48.5 Å². The first-order valence-electron chi connectivity index (χ1n) is 10.7. The molecule has 0 saturated carbocycles. The van der Waals surface area contributed by atoms with Gasteiger partial charge < -0.3 is 0 Å². The summed E-state index contributed by atoms with van der Waals surface area (Å²) in [6.45, 7) is 0. The molecule has 0 heterocycles. The van der Waals surface area contributed by atoms with Crippen molar-refractivity contribution in [3.63, 3.8) is 0 Å². The van der Waals surface area contributed by atoms with Crippen LogP contribution in [0, 0.1) is 0 Å². The number of phenolic OH excluding ortho intramolecular Hbond substituents is 4. The Labute approximate surface area is 235 Å². The monoisotopic (exact) mass is 926 g/mol. The Bertz CT molecular complexity index is 1230. The predicted octanol–water partition coefficient (Wildman–Crippen LogP) is 5.45. The van der Waals surface area contributed by atoms with Gasteiger partial charge in [-0.3, -0.25) is 0 Å². The predicted molar refractivity (Wildman–Crippen MR) is 146 cm³/mol. The van der Waals surface area contributed by atoms with Gasteiger partial charge in [-0.25, -0.2) is 0 Å². The van der Waals surface area contributed by atoms with Gasteiger partial charge in [0, 0.05) is 0 Å². The number of halogens is 2. The summed E-state index contributed by atoms with van der Waals surface area (Å²) in [5, 5.41) is 44.2. The van der Waals surface area contributed by atoms with Crippen molar-refractivity contribution in [3.8, 4) is 23.0 Å². The summed E-state index contributed by atoms with van der Waals surface area (Å²) >= 11 is -1.34. The molecule has 4 aromatic rings. The van der Waals surface area contributed by atoms with Crippen LogP contribution in [0.3, 0.4) is 0 Å². The van der Waals surface area contributed by atoms with Crippen molar-refractivity contribution >= 4 is 49.0 Å². The van der Waals surface area contributed by atoms with E-state index in [0.717, 1.165) is 33.5 Å². The van der Waals surface area contributed by atoms with Crippen molar-refractivity contribution < 1.29 is 55.7 Å². The van der Waals surface area contributed by atoms with Crippen LogP contribution in [0.1, 0.15) is 0 Å². The van der Waals surface area contributed by atoms with E-state index in [1.165, 1.54) is 0 Å². The van der Waals surface area contributed by atoms with Gasteiger partial charge in [-0.2, -0.15) is 0 Å². The molecule has 0 atom stereocenters. The molecule has 0 aliphatic heterocycles. The van der Waals surface area contributed by atoms with Crippen molar-refractivity contribution in [3.05, 3.63) is 97.1 Å². The van der Waals surface area contributed by atoms with Gasteiger partial charge in [-0.1, -0.05) is 0 Å². The quantitative estimate of drug-likeness (QED) is 0.147. The standard InChI is InChI=1S/C26H24O4P2.2Au.2ClH/c27-19-1-9-23(10-2-19)31(24-11-3-20(28)4-12-24)17-18-32(25-13-5-21(29)6-14-25)26-15-7-22(30)8-16-26;;;;/h1-16,27-30H,17-18H2;;;2*1H/q;2*+1;;/p-2. The third-order valence-electron chi connectivity index (χ3n) is 5.81. The van der Waals surface area contributed by atoms with Crippen LogP contribution < -0.4 is 21.2 Å². The van der Waals surface area contributed by atoms with Crippen LogP contribution in [0.2, 0.25) is 0 Å². The molecule has 0 amide bonds. The Morgan fingerprint density at radius 3 is 0.778 bits per heavy atom. The molecule has 4 rings (SSSR count). The molecule has 0 unspecified atom stereocenters. The van der Waals surface area contributed by atoms with Crippen LogP contribution in [0.4, 0.5) is 0 Å². The SMILES string of the molecule is Oc1ccc([P](CC[P](=[Au][Cl])(c2ccc(O)cc2)c2ccc(O)cc2)(=[Au][Cl])c2ccc(O)cc2)cc1. The molecule has 198 valence electrons. The number of benzene rings is 4. The van der Waals surface area contributed by atoms with Gasteiger partial charge >= 0.3 is 237 Å². The van der Waals surface area contributed by atoms with E-state index in [9.17, 15) is 20.4 Å². The normalized spacial score (nSPS) is 12.2. The zero-order valence-electron chi connectivity index (χ0n) is 18.7. The summed E-state index contributed by atoms with van der Waals surface area (Å²) < 4.78 is -4.13. The Kier molecular flexibility index (Phi) is 9.53. The second-order valence-electron chi connectivity index (χ2n) is 7.93. The van der Waals surface area contributed by atoms with Crippen molar-refractivity contribution in [2.45, 2.75) is 0 Å². The molecule has 0 radical (unpaired) electrons. The molecule has 0 fully saturated rings. The summed E-state index contributed by atoms with van der Waals surface area (Å²) in [4.78, 5) is 0. The molecule has 4 N–H and O–H groups in total. The van der Waals surface area contributed by atoms with Crippen LogP contribution in [0.25, 0.3) is 0 Å². The minimum atomic E-state index is -2.06. The summed E-state index contributed by atoms with van der Waals surface area (Å²) in [5.41, 5.74) is 0. The number of phenols is 4. The molecule has 10 heteroatoms. The first-order chi connectivity index (χ1) is 17.3. The van der Waals surface area contributed by atoms with Crippen LogP contribution in [0.15, 0.2) is 97.1 Å². The number of aromatic hydroxyl groups is 4. The molecule has 0 saturated heterocycles. The summed E-state index contributed by atoms with van der Waals surface area (Å²) in [6.07, 6.45) is 1.62. The molecule has 36 heavy (non-hydrogen) atoms. The van der Waals surface area contributed by atoms with Crippen LogP contribution in [-0.4, -0.2) is 32.7 Å². The first kappa shape index (κ1) is 28.0. The number of rotatable bonds is 7. The molecule has 4 aromatic carbocycles. The van der Waals surface area contributed by atoms with Gasteiger partial charge in [0.05, 0.1) is 0 Å². The summed E-state index contributed by atoms with van der Waals surface area (Å²) in [6, 6.07) is 29.3. The summed E-state index contributed by atoms with van der Waals surface area (Å²) in [7, 11) is 13.8. The third-order valence-corrected chi connectivity index (χ3v) is 34.3. The Balaban J connectivity index is 1.89. The van der Waals surface area contributed by atoms with Crippen LogP contribution >= 0.6 is 27.8 Å². The second-order valence-corrected chi connectivity index (χ2v) is 30.9. The van der Waals surface area contributed by atoms with Gasteiger partial charge in [0.2, 0.25) is 0 Å². The van der Waals surface area contributed by atoms with E-state index < -0.39 is 44.7 Å². The topological polar surface area (TPSA) is 80.9 Å². The average molecular weight is 927 g/mol. The maximum atomic E-state index is 9.95. The van der Waals surface area contributed by atoms with E-state index in [4.69, 9.17) is 18.4 Å². The molecule has 0 aliphatic rings. The van der Waals surface area contributed by atoms with Gasteiger partial charge in [0.25, 0.3) is 0 Å². The second kappa shape index (κ2) is 12.2. The molecule has 0 aliphatic carbocycles. The van der Waals surface area contributed by atoms with E-state index in [0.29, 0.717) is 0 Å². The molecule has 0 aromatic heterocycles. The Morgan fingerprint density at radius 1 is 0.417 bits per heavy atom. The van der Waals surface area contributed by atoms with Crippen molar-refractivity contribution in [1.82, 2.24) is 0 Å². The first-order valence-corrected chi connectivity index (χ1v) is 25.5. The van der Waals surface area contributed by atoms with E-state index in [-0.39, 0.29) is 23.0 Å². The van der Waals surface area contributed by atoms with Crippen LogP contribution in [0.5, 0.6) is 23.0 Å². The Morgan fingerprint density at radius 2 is 0.611 bits per heavy atom. The third kappa shape index (κ3) is 5.85. The van der Waals surface area contributed by atoms with Crippen LogP contribution in [-0.2, 0) is 35.3 Å². The van der Waals surface area contributed by atoms with Crippen molar-refractivity contribution in [1.29, 1.82) is 0 Å². The van der Waals surface area contributed by atoms with E-state index >= 15 is 0 Å². The molecular formula is C26H24Au2Cl2O4P2. The summed E-state index contributed by atoms with van der Waals surface area (Å²) in [5.74, 6) is 0.814. The molecule has 4 nitrogen and oxygen atoms in total. The number of hydrogen-bond donors (Lipinski definition) is 4. The number of hydrogen-bond acceptors (Lipinski definition) is 4. The zero-order chi connectivity index (χ0) is 25.8. The minimum absolute atomic E-state index is 0.203.